The first-order valence-electron chi connectivity index (χ1n) is 9.23. The topological polar surface area (TPSA) is 55.8 Å². The Morgan fingerprint density at radius 1 is 1.30 bits per heavy atom. The normalized spacial score (nSPS) is 21.9. The third-order valence-electron chi connectivity index (χ3n) is 5.36. The highest BCUT2D eigenvalue weighted by molar-refractivity contribution is 9.10. The van der Waals surface area contributed by atoms with Gasteiger partial charge in [0, 0.05) is 18.7 Å². The number of rotatable bonds is 3. The van der Waals surface area contributed by atoms with Gasteiger partial charge in [-0.05, 0) is 57.9 Å². The van der Waals surface area contributed by atoms with Crippen molar-refractivity contribution < 1.29 is 19.1 Å². The van der Waals surface area contributed by atoms with E-state index in [1.54, 1.807) is 20.2 Å². The van der Waals surface area contributed by atoms with Gasteiger partial charge < -0.3 is 14.4 Å². The molecule has 2 heterocycles. The van der Waals surface area contributed by atoms with E-state index in [-0.39, 0.29) is 41.9 Å². The molecule has 0 bridgehead atoms. The van der Waals surface area contributed by atoms with Crippen molar-refractivity contribution in [3.8, 4) is 5.75 Å². The van der Waals surface area contributed by atoms with Gasteiger partial charge in [0.1, 0.15) is 11.3 Å². The number of nitrogens with zero attached hydrogens (tertiary/aromatic N) is 1. The fourth-order valence-corrected chi connectivity index (χ4v) is 4.53. The van der Waals surface area contributed by atoms with E-state index in [2.05, 4.69) is 47.7 Å². The van der Waals surface area contributed by atoms with Gasteiger partial charge in [-0.25, -0.2) is 4.79 Å². The number of carbonyl (C=O) groups is 2. The molecule has 0 saturated heterocycles. The second kappa shape index (κ2) is 7.30. The van der Waals surface area contributed by atoms with Crippen LogP contribution in [0, 0.1) is 5.41 Å². The molecule has 1 aromatic carbocycles. The number of halogens is 1. The number of benzene rings is 1. The molecule has 0 N–H and O–H groups in total. The number of Topliss-reactive ketones (excluding diaryl/α,β-unsaturated/α-hetero) is 1. The van der Waals surface area contributed by atoms with Gasteiger partial charge in [-0.1, -0.05) is 20.8 Å². The number of ketones is 1. The molecule has 0 saturated carbocycles. The average Bonchev–Trinajstić information content (AvgIpc) is 2.59. The molecule has 3 rings (SSSR count). The molecule has 146 valence electrons. The molecule has 0 fully saturated rings. The largest absolute Gasteiger partial charge is 0.496 e. The summed E-state index contributed by atoms with van der Waals surface area (Å²) in [6.07, 6.45) is 2.82. The van der Waals surface area contributed by atoms with Crippen LogP contribution in [0.15, 0.2) is 28.4 Å². The van der Waals surface area contributed by atoms with Crippen LogP contribution in [-0.2, 0) is 20.7 Å². The Morgan fingerprint density at radius 3 is 2.59 bits per heavy atom. The van der Waals surface area contributed by atoms with Crippen LogP contribution < -0.4 is 4.74 Å². The van der Waals surface area contributed by atoms with Crippen LogP contribution in [0.25, 0.3) is 0 Å². The van der Waals surface area contributed by atoms with Crippen molar-refractivity contribution in [2.75, 3.05) is 13.7 Å². The van der Waals surface area contributed by atoms with Gasteiger partial charge in [0.05, 0.1) is 24.2 Å². The Balaban J connectivity index is 2.12. The van der Waals surface area contributed by atoms with E-state index in [0.717, 1.165) is 22.2 Å². The lowest BCUT2D eigenvalue weighted by atomic mass is 9.74. The van der Waals surface area contributed by atoms with Crippen LogP contribution in [0.2, 0.25) is 0 Å². The SMILES string of the molecule is CCOC(=O)C1=CN2C(CC1=O)c1cc(OC)c(Br)cc1CC2C(C)(C)C. The zero-order chi connectivity index (χ0) is 19.9. The minimum atomic E-state index is -0.534. The van der Waals surface area contributed by atoms with E-state index in [1.165, 1.54) is 5.56 Å². The van der Waals surface area contributed by atoms with Gasteiger partial charge >= 0.3 is 5.97 Å². The zero-order valence-electron chi connectivity index (χ0n) is 16.5. The first-order valence-corrected chi connectivity index (χ1v) is 10.0. The number of fused-ring (bicyclic) bond motifs is 3. The fourth-order valence-electron chi connectivity index (χ4n) is 3.98. The lowest BCUT2D eigenvalue weighted by molar-refractivity contribution is -0.140. The minimum absolute atomic E-state index is 0.0288. The summed E-state index contributed by atoms with van der Waals surface area (Å²) in [5.74, 6) is 0.0421. The Hall–Kier alpha value is -1.82. The molecule has 0 amide bonds. The quantitative estimate of drug-likeness (QED) is 0.526. The molecule has 1 aromatic rings. The highest BCUT2D eigenvalue weighted by Gasteiger charge is 2.43. The molecule has 6 heteroatoms. The number of hydrogen-bond acceptors (Lipinski definition) is 5. The van der Waals surface area contributed by atoms with Crippen LogP contribution in [0.5, 0.6) is 5.75 Å². The molecule has 0 aliphatic carbocycles. The summed E-state index contributed by atoms with van der Waals surface area (Å²) in [7, 11) is 1.63. The summed E-state index contributed by atoms with van der Waals surface area (Å²) in [6.45, 7) is 8.56. The van der Waals surface area contributed by atoms with Gasteiger partial charge in [0.2, 0.25) is 0 Å². The van der Waals surface area contributed by atoms with Crippen LogP contribution >= 0.6 is 15.9 Å². The third-order valence-corrected chi connectivity index (χ3v) is 5.98. The zero-order valence-corrected chi connectivity index (χ0v) is 18.1. The molecule has 5 nitrogen and oxygen atoms in total. The van der Waals surface area contributed by atoms with Gasteiger partial charge in [0.15, 0.2) is 5.78 Å². The summed E-state index contributed by atoms with van der Waals surface area (Å²) in [5.41, 5.74) is 2.42. The Bertz CT molecular complexity index is 809. The van der Waals surface area contributed by atoms with Crippen molar-refractivity contribution in [1.82, 2.24) is 4.90 Å². The van der Waals surface area contributed by atoms with Crippen LogP contribution in [0.3, 0.4) is 0 Å². The van der Waals surface area contributed by atoms with E-state index in [1.807, 2.05) is 6.07 Å². The summed E-state index contributed by atoms with van der Waals surface area (Å²) in [5, 5.41) is 0. The highest BCUT2D eigenvalue weighted by Crippen LogP contribution is 2.46. The molecule has 27 heavy (non-hydrogen) atoms. The summed E-state index contributed by atoms with van der Waals surface area (Å²) in [4.78, 5) is 27.2. The third kappa shape index (κ3) is 3.64. The summed E-state index contributed by atoms with van der Waals surface area (Å²) in [6, 6.07) is 4.16. The van der Waals surface area contributed by atoms with Crippen molar-refractivity contribution in [3.05, 3.63) is 39.5 Å². The second-order valence-corrected chi connectivity index (χ2v) is 8.98. The summed E-state index contributed by atoms with van der Waals surface area (Å²) < 4.78 is 11.5. The minimum Gasteiger partial charge on any atom is -0.496 e. The van der Waals surface area contributed by atoms with E-state index in [4.69, 9.17) is 9.47 Å². The fraction of sp³-hybridized carbons (Fsp3) is 0.524. The molecular weight excluding hydrogens is 410 g/mol. The van der Waals surface area contributed by atoms with Crippen molar-refractivity contribution in [3.63, 3.8) is 0 Å². The van der Waals surface area contributed by atoms with Crippen LogP contribution in [0.1, 0.15) is 51.3 Å². The lowest BCUT2D eigenvalue weighted by Crippen LogP contribution is -2.50. The first-order chi connectivity index (χ1) is 12.7. The maximum absolute atomic E-state index is 12.7. The van der Waals surface area contributed by atoms with E-state index < -0.39 is 5.97 Å². The van der Waals surface area contributed by atoms with Crippen LogP contribution in [-0.4, -0.2) is 36.4 Å². The predicted octanol–water partition coefficient (Wildman–Crippen LogP) is 4.19. The molecule has 0 spiro atoms. The van der Waals surface area contributed by atoms with Crippen molar-refractivity contribution in [2.45, 2.75) is 52.6 Å². The number of esters is 1. The van der Waals surface area contributed by atoms with Crippen molar-refractivity contribution in [2.24, 2.45) is 5.41 Å². The average molecular weight is 436 g/mol. The standard InChI is InChI=1S/C21H26BrNO4/c1-6-27-20(25)14-11-23-16(10-17(14)24)13-9-18(26-5)15(22)7-12(13)8-19(23)21(2,3)4/h7,9,11,16,19H,6,8,10H2,1-5H3. The molecular formula is C21H26BrNO4. The van der Waals surface area contributed by atoms with Gasteiger partial charge in [-0.3, -0.25) is 4.79 Å². The van der Waals surface area contributed by atoms with E-state index in [0.29, 0.717) is 0 Å². The maximum atomic E-state index is 12.7. The van der Waals surface area contributed by atoms with Crippen molar-refractivity contribution in [1.29, 1.82) is 0 Å². The molecule has 2 atom stereocenters. The molecule has 2 aliphatic heterocycles. The Kier molecular flexibility index (Phi) is 5.39. The van der Waals surface area contributed by atoms with Crippen molar-refractivity contribution >= 4 is 27.7 Å². The van der Waals surface area contributed by atoms with E-state index >= 15 is 0 Å². The summed E-state index contributed by atoms with van der Waals surface area (Å²) >= 11 is 3.57. The number of carbonyl (C=O) groups excluding carboxylic acids is 2. The first kappa shape index (κ1) is 19.9. The van der Waals surface area contributed by atoms with Crippen LogP contribution in [0.4, 0.5) is 0 Å². The molecule has 2 unspecified atom stereocenters. The van der Waals surface area contributed by atoms with Gasteiger partial charge in [0.25, 0.3) is 0 Å². The maximum Gasteiger partial charge on any atom is 0.343 e. The number of methoxy groups -OCH3 is 1. The smallest absolute Gasteiger partial charge is 0.343 e. The molecule has 0 radical (unpaired) electrons. The molecule has 2 aliphatic rings. The van der Waals surface area contributed by atoms with E-state index in [9.17, 15) is 9.59 Å². The van der Waals surface area contributed by atoms with Gasteiger partial charge in [-0.15, -0.1) is 0 Å². The highest BCUT2D eigenvalue weighted by atomic mass is 79.9. The Labute approximate surface area is 168 Å². The van der Waals surface area contributed by atoms with Gasteiger partial charge in [-0.2, -0.15) is 0 Å². The Morgan fingerprint density at radius 2 is 2.00 bits per heavy atom. The monoisotopic (exact) mass is 435 g/mol. The molecule has 0 aromatic heterocycles. The number of ether oxygens (including phenoxy) is 2. The lowest BCUT2D eigenvalue weighted by Gasteiger charge is -2.50. The number of hydrogen-bond donors (Lipinski definition) is 0. The second-order valence-electron chi connectivity index (χ2n) is 8.13. The predicted molar refractivity (Wildman–Crippen MR) is 107 cm³/mol.